The molecule has 5 heterocycles. The van der Waals surface area contributed by atoms with Gasteiger partial charge < -0.3 is 14.7 Å². The average Bonchev–Trinajstić information content (AvgIpc) is 2.91. The van der Waals surface area contributed by atoms with Crippen LogP contribution in [0.4, 0.5) is 5.82 Å². The number of piperidine rings is 4. The summed E-state index contributed by atoms with van der Waals surface area (Å²) in [6, 6.07) is 8.57. The summed E-state index contributed by atoms with van der Waals surface area (Å²) in [5.41, 5.74) is 2.01. The Morgan fingerprint density at radius 2 is 1.85 bits per heavy atom. The van der Waals surface area contributed by atoms with E-state index in [1.807, 2.05) is 6.07 Å². The van der Waals surface area contributed by atoms with Crippen molar-refractivity contribution in [1.29, 1.82) is 0 Å². The van der Waals surface area contributed by atoms with Gasteiger partial charge >= 0.3 is 0 Å². The van der Waals surface area contributed by atoms with Crippen LogP contribution in [0.15, 0.2) is 24.3 Å². The minimum Gasteiger partial charge on any atom is -0.497 e. The average molecular weight is 464 g/mol. The highest BCUT2D eigenvalue weighted by Gasteiger charge is 2.43. The van der Waals surface area contributed by atoms with Crippen molar-refractivity contribution in [3.8, 4) is 5.75 Å². The predicted octanol–water partition coefficient (Wildman–Crippen LogP) is 5.41. The highest BCUT2D eigenvalue weighted by atomic mass is 16.5. The molecule has 2 aromatic rings. The molecule has 2 bridgehead atoms. The second-order valence-corrected chi connectivity index (χ2v) is 11.5. The minimum atomic E-state index is -0.496. The summed E-state index contributed by atoms with van der Waals surface area (Å²) in [5, 5.41) is 12.9. The van der Waals surface area contributed by atoms with Crippen LogP contribution in [0.25, 0.3) is 10.9 Å². The SMILES string of the molecule is CC[C@H]1CN2CC[C@@H]1C[C@H]2[C@H](O)c1cc(N2CCC3CCCCC3C2)nc2ccc(OC)cc12. The minimum absolute atomic E-state index is 0.204. The van der Waals surface area contributed by atoms with Gasteiger partial charge in [-0.15, -0.1) is 0 Å². The Morgan fingerprint density at radius 3 is 2.62 bits per heavy atom. The van der Waals surface area contributed by atoms with E-state index in [-0.39, 0.29) is 6.04 Å². The molecular formula is C29H41N3O2. The van der Waals surface area contributed by atoms with Gasteiger partial charge in [0.2, 0.25) is 0 Å². The standard InChI is InChI=1S/C29H41N3O2/c1-3-19-17-31-12-11-21(19)14-27(31)29(33)25-16-28(30-26-9-8-23(34-2)15-24(25)26)32-13-10-20-6-4-5-7-22(20)18-32/h8-9,15-16,19-22,27,29,33H,3-7,10-14,17-18H2,1-2H3/t19-,20?,21+,22?,27-,29+/m0/s1. The Balaban J connectivity index is 1.35. The molecule has 7 atom stereocenters. The lowest BCUT2D eigenvalue weighted by Gasteiger charge is -2.51. The van der Waals surface area contributed by atoms with Crippen LogP contribution in [0.2, 0.25) is 0 Å². The lowest BCUT2D eigenvalue weighted by atomic mass is 9.72. The third kappa shape index (κ3) is 3.99. The van der Waals surface area contributed by atoms with Gasteiger partial charge in [-0.3, -0.25) is 4.90 Å². The maximum absolute atomic E-state index is 11.9. The number of ether oxygens (including phenoxy) is 1. The molecule has 184 valence electrons. The molecule has 1 N–H and O–H groups in total. The van der Waals surface area contributed by atoms with Crippen molar-refractivity contribution >= 4 is 16.7 Å². The molecule has 5 fully saturated rings. The summed E-state index contributed by atoms with van der Waals surface area (Å²) in [4.78, 5) is 10.2. The molecule has 0 amide bonds. The number of aromatic nitrogens is 1. The number of rotatable bonds is 5. The van der Waals surface area contributed by atoms with Gasteiger partial charge in [0, 0.05) is 31.1 Å². The number of nitrogens with zero attached hydrogens (tertiary/aromatic N) is 3. The van der Waals surface area contributed by atoms with Crippen LogP contribution >= 0.6 is 0 Å². The fourth-order valence-corrected chi connectivity index (χ4v) is 7.74. The van der Waals surface area contributed by atoms with E-state index in [2.05, 4.69) is 34.9 Å². The van der Waals surface area contributed by atoms with Crippen molar-refractivity contribution < 1.29 is 9.84 Å². The predicted molar refractivity (Wildman–Crippen MR) is 137 cm³/mol. The normalized spacial score (nSPS) is 34.1. The second kappa shape index (κ2) is 9.31. The zero-order valence-corrected chi connectivity index (χ0v) is 21.0. The van der Waals surface area contributed by atoms with E-state index in [1.165, 1.54) is 44.9 Å². The van der Waals surface area contributed by atoms with Crippen LogP contribution in [-0.2, 0) is 0 Å². The van der Waals surface area contributed by atoms with Gasteiger partial charge in [-0.1, -0.05) is 32.6 Å². The maximum atomic E-state index is 11.9. The van der Waals surface area contributed by atoms with Crippen LogP contribution in [-0.4, -0.2) is 54.3 Å². The highest BCUT2D eigenvalue weighted by Crippen LogP contribution is 2.44. The smallest absolute Gasteiger partial charge is 0.129 e. The molecule has 5 heteroatoms. The number of anilines is 1. The number of methoxy groups -OCH3 is 1. The molecule has 5 nitrogen and oxygen atoms in total. The number of fused-ring (bicyclic) bond motifs is 5. The van der Waals surface area contributed by atoms with Gasteiger partial charge in [0.05, 0.1) is 18.7 Å². The number of aliphatic hydroxyl groups excluding tert-OH is 1. The largest absolute Gasteiger partial charge is 0.497 e. The Hall–Kier alpha value is -1.85. The monoisotopic (exact) mass is 463 g/mol. The molecule has 4 aliphatic heterocycles. The van der Waals surface area contributed by atoms with Crippen LogP contribution in [0.3, 0.4) is 0 Å². The molecular weight excluding hydrogens is 422 g/mol. The summed E-state index contributed by atoms with van der Waals surface area (Å²) in [6.45, 7) is 6.78. The van der Waals surface area contributed by atoms with Gasteiger partial charge in [-0.25, -0.2) is 4.98 Å². The van der Waals surface area contributed by atoms with E-state index in [4.69, 9.17) is 9.72 Å². The molecule has 7 rings (SSSR count). The van der Waals surface area contributed by atoms with Crippen LogP contribution in [0, 0.1) is 23.7 Å². The van der Waals surface area contributed by atoms with E-state index in [9.17, 15) is 5.11 Å². The molecule has 0 spiro atoms. The van der Waals surface area contributed by atoms with Crippen molar-refractivity contribution in [3.63, 3.8) is 0 Å². The van der Waals surface area contributed by atoms with Gasteiger partial charge in [0.25, 0.3) is 0 Å². The van der Waals surface area contributed by atoms with Crippen molar-refractivity contribution in [3.05, 3.63) is 29.8 Å². The number of benzene rings is 1. The molecule has 4 saturated heterocycles. The summed E-state index contributed by atoms with van der Waals surface area (Å²) in [5.74, 6) is 5.13. The number of aliphatic hydroxyl groups is 1. The Morgan fingerprint density at radius 1 is 1.03 bits per heavy atom. The second-order valence-electron chi connectivity index (χ2n) is 11.5. The van der Waals surface area contributed by atoms with Crippen molar-refractivity contribution in [2.24, 2.45) is 23.7 Å². The van der Waals surface area contributed by atoms with E-state index >= 15 is 0 Å². The van der Waals surface area contributed by atoms with E-state index in [1.54, 1.807) is 7.11 Å². The van der Waals surface area contributed by atoms with E-state index in [0.717, 1.165) is 84.3 Å². The van der Waals surface area contributed by atoms with Crippen LogP contribution in [0.5, 0.6) is 5.75 Å². The van der Waals surface area contributed by atoms with Gasteiger partial charge in [-0.05, 0) is 85.7 Å². The van der Waals surface area contributed by atoms with Crippen LogP contribution in [0.1, 0.15) is 70.0 Å². The third-order valence-corrected chi connectivity index (χ3v) is 9.79. The van der Waals surface area contributed by atoms with Gasteiger partial charge in [-0.2, -0.15) is 0 Å². The van der Waals surface area contributed by atoms with Crippen molar-refractivity contribution in [2.45, 2.75) is 70.4 Å². The van der Waals surface area contributed by atoms with Gasteiger partial charge in [0.1, 0.15) is 11.6 Å². The summed E-state index contributed by atoms with van der Waals surface area (Å²) < 4.78 is 5.56. The first-order chi connectivity index (χ1) is 16.6. The van der Waals surface area contributed by atoms with E-state index < -0.39 is 6.10 Å². The number of pyridine rings is 1. The molecule has 1 saturated carbocycles. The first kappa shape index (κ1) is 22.6. The molecule has 0 radical (unpaired) electrons. The molecule has 1 aliphatic carbocycles. The van der Waals surface area contributed by atoms with Crippen LogP contribution < -0.4 is 9.64 Å². The Kier molecular flexibility index (Phi) is 6.19. The summed E-state index contributed by atoms with van der Waals surface area (Å²) in [7, 11) is 1.71. The molecule has 34 heavy (non-hydrogen) atoms. The van der Waals surface area contributed by atoms with Crippen molar-refractivity contribution in [2.75, 3.05) is 38.2 Å². The first-order valence-electron chi connectivity index (χ1n) is 13.8. The Labute approximate surface area is 204 Å². The zero-order chi connectivity index (χ0) is 23.2. The molecule has 3 unspecified atom stereocenters. The molecule has 1 aromatic heterocycles. The topological polar surface area (TPSA) is 48.8 Å². The highest BCUT2D eigenvalue weighted by molar-refractivity contribution is 5.86. The van der Waals surface area contributed by atoms with Crippen molar-refractivity contribution in [1.82, 2.24) is 9.88 Å². The Bertz CT molecular complexity index is 1030. The summed E-state index contributed by atoms with van der Waals surface area (Å²) in [6.07, 6.45) is 9.98. The first-order valence-corrected chi connectivity index (χ1v) is 13.8. The van der Waals surface area contributed by atoms with Gasteiger partial charge in [0.15, 0.2) is 0 Å². The third-order valence-electron chi connectivity index (χ3n) is 9.79. The molecule has 5 aliphatic rings. The lowest BCUT2D eigenvalue weighted by Crippen LogP contribution is -2.55. The fraction of sp³-hybridized carbons (Fsp3) is 0.690. The number of hydrogen-bond acceptors (Lipinski definition) is 5. The molecule has 1 aromatic carbocycles. The quantitative estimate of drug-likeness (QED) is 0.642. The zero-order valence-electron chi connectivity index (χ0n) is 21.0. The number of hydrogen-bond donors (Lipinski definition) is 1. The summed E-state index contributed by atoms with van der Waals surface area (Å²) >= 11 is 0. The maximum Gasteiger partial charge on any atom is 0.129 e. The fourth-order valence-electron chi connectivity index (χ4n) is 7.74. The van der Waals surface area contributed by atoms with E-state index in [0.29, 0.717) is 0 Å². The lowest BCUT2D eigenvalue weighted by molar-refractivity contribution is -0.0562.